The highest BCUT2D eigenvalue weighted by Gasteiger charge is 2.25. The Balaban J connectivity index is 2.12. The molecule has 0 saturated heterocycles. The van der Waals surface area contributed by atoms with Crippen molar-refractivity contribution >= 4 is 16.9 Å². The summed E-state index contributed by atoms with van der Waals surface area (Å²) in [5.41, 5.74) is 2.30. The van der Waals surface area contributed by atoms with E-state index in [1.165, 1.54) is 23.9 Å². The van der Waals surface area contributed by atoms with Crippen molar-refractivity contribution in [3.8, 4) is 0 Å². The first-order chi connectivity index (χ1) is 10.2. The molecule has 0 aromatic carbocycles. The summed E-state index contributed by atoms with van der Waals surface area (Å²) in [7, 11) is 2.11. The molecule has 0 atom stereocenters. The highest BCUT2D eigenvalue weighted by atomic mass is 15.2. The monoisotopic (exact) mass is 284 g/mol. The van der Waals surface area contributed by atoms with Gasteiger partial charge < -0.3 is 9.47 Å². The predicted molar refractivity (Wildman–Crippen MR) is 87.8 cm³/mol. The van der Waals surface area contributed by atoms with Crippen LogP contribution in [0.4, 0.5) is 0 Å². The van der Waals surface area contributed by atoms with Gasteiger partial charge in [0, 0.05) is 38.3 Å². The van der Waals surface area contributed by atoms with Gasteiger partial charge in [-0.1, -0.05) is 0 Å². The van der Waals surface area contributed by atoms with E-state index in [1.807, 2.05) is 12.3 Å². The van der Waals surface area contributed by atoms with Crippen LogP contribution in [0.2, 0.25) is 0 Å². The Morgan fingerprint density at radius 2 is 2.24 bits per heavy atom. The molecule has 0 bridgehead atoms. The minimum atomic E-state index is 0.804. The fourth-order valence-corrected chi connectivity index (χ4v) is 2.71. The van der Waals surface area contributed by atoms with Crippen molar-refractivity contribution in [3.63, 3.8) is 0 Å². The number of rotatable bonds is 5. The number of nitrogens with zero attached hydrogens (tertiary/aromatic N) is 4. The zero-order valence-corrected chi connectivity index (χ0v) is 13.2. The van der Waals surface area contributed by atoms with Crippen LogP contribution in [0, 0.1) is 5.92 Å². The van der Waals surface area contributed by atoms with Crippen molar-refractivity contribution in [1.29, 1.82) is 0 Å². The molecule has 0 N–H and O–H groups in total. The van der Waals surface area contributed by atoms with Crippen molar-refractivity contribution in [1.82, 2.24) is 14.5 Å². The molecule has 0 amide bonds. The molecular formula is C17H24N4. The average Bonchev–Trinajstić information content (AvgIpc) is 3.25. The summed E-state index contributed by atoms with van der Waals surface area (Å²) in [6.45, 7) is 7.08. The Morgan fingerprint density at radius 1 is 1.43 bits per heavy atom. The van der Waals surface area contributed by atoms with Crippen molar-refractivity contribution in [2.45, 2.75) is 33.2 Å². The van der Waals surface area contributed by atoms with Gasteiger partial charge in [-0.05, 0) is 50.8 Å². The Hall–Kier alpha value is -1.84. The maximum absolute atomic E-state index is 4.74. The van der Waals surface area contributed by atoms with Crippen LogP contribution in [0.25, 0.3) is 11.0 Å². The first kappa shape index (κ1) is 14.1. The van der Waals surface area contributed by atoms with Crippen LogP contribution in [0.15, 0.2) is 29.4 Å². The first-order valence-corrected chi connectivity index (χ1v) is 7.94. The predicted octanol–water partition coefficient (Wildman–Crippen LogP) is 3.16. The molecule has 0 unspecified atom stereocenters. The van der Waals surface area contributed by atoms with E-state index in [1.54, 1.807) is 0 Å². The van der Waals surface area contributed by atoms with Crippen LogP contribution in [0.1, 0.15) is 32.4 Å². The van der Waals surface area contributed by atoms with Gasteiger partial charge >= 0.3 is 0 Å². The van der Waals surface area contributed by atoms with Gasteiger partial charge in [-0.3, -0.25) is 4.99 Å². The molecule has 1 aliphatic rings. The molecule has 0 radical (unpaired) electrons. The summed E-state index contributed by atoms with van der Waals surface area (Å²) in [6, 6.07) is 6.39. The lowest BCUT2D eigenvalue weighted by Crippen LogP contribution is -2.30. The van der Waals surface area contributed by atoms with E-state index in [9.17, 15) is 0 Å². The third-order valence-corrected chi connectivity index (χ3v) is 4.17. The smallest absolute Gasteiger partial charge is 0.147 e. The van der Waals surface area contributed by atoms with E-state index >= 15 is 0 Å². The lowest BCUT2D eigenvalue weighted by molar-refractivity contribution is 0.525. The number of fused-ring (bicyclic) bond motifs is 1. The molecule has 4 nitrogen and oxygen atoms in total. The topological polar surface area (TPSA) is 33.4 Å². The van der Waals surface area contributed by atoms with E-state index in [0.717, 1.165) is 37.0 Å². The summed E-state index contributed by atoms with van der Waals surface area (Å²) < 4.78 is 2.37. The molecule has 0 aliphatic heterocycles. The molecule has 1 aliphatic carbocycles. The van der Waals surface area contributed by atoms with Gasteiger partial charge in [0.15, 0.2) is 0 Å². The Bertz CT molecular complexity index is 652. The van der Waals surface area contributed by atoms with Crippen LogP contribution >= 0.6 is 0 Å². The summed E-state index contributed by atoms with van der Waals surface area (Å²) in [5, 5.41) is 1.21. The van der Waals surface area contributed by atoms with E-state index in [0.29, 0.717) is 0 Å². The van der Waals surface area contributed by atoms with Gasteiger partial charge in [-0.25, -0.2) is 4.98 Å². The Labute approximate surface area is 126 Å². The largest absolute Gasteiger partial charge is 0.359 e. The van der Waals surface area contributed by atoms with Crippen molar-refractivity contribution in [2.24, 2.45) is 10.9 Å². The molecule has 1 fully saturated rings. The SMILES string of the molecule is CCN=C(c1cc2cccnc2n1CC1CC1)N(C)CC. The van der Waals surface area contributed by atoms with E-state index < -0.39 is 0 Å². The highest BCUT2D eigenvalue weighted by Crippen LogP contribution is 2.33. The summed E-state index contributed by atoms with van der Waals surface area (Å²) in [6.07, 6.45) is 4.57. The summed E-state index contributed by atoms with van der Waals surface area (Å²) in [4.78, 5) is 11.6. The van der Waals surface area contributed by atoms with Crippen molar-refractivity contribution in [2.75, 3.05) is 20.1 Å². The minimum absolute atomic E-state index is 0.804. The zero-order valence-electron chi connectivity index (χ0n) is 13.2. The van der Waals surface area contributed by atoms with Gasteiger partial charge in [0.25, 0.3) is 0 Å². The van der Waals surface area contributed by atoms with Gasteiger partial charge in [0.05, 0.1) is 5.69 Å². The first-order valence-electron chi connectivity index (χ1n) is 7.94. The van der Waals surface area contributed by atoms with E-state index in [2.05, 4.69) is 47.5 Å². The van der Waals surface area contributed by atoms with Crippen LogP contribution in [-0.2, 0) is 6.54 Å². The molecule has 4 heteroatoms. The molecule has 2 aromatic rings. The number of hydrogen-bond donors (Lipinski definition) is 0. The van der Waals surface area contributed by atoms with E-state index in [-0.39, 0.29) is 0 Å². The lowest BCUT2D eigenvalue weighted by atomic mass is 10.3. The van der Waals surface area contributed by atoms with Gasteiger partial charge in [-0.2, -0.15) is 0 Å². The zero-order chi connectivity index (χ0) is 14.8. The molecule has 2 heterocycles. The molecule has 0 spiro atoms. The molecule has 1 saturated carbocycles. The number of amidine groups is 1. The number of pyridine rings is 1. The van der Waals surface area contributed by atoms with Gasteiger partial charge in [-0.15, -0.1) is 0 Å². The second kappa shape index (κ2) is 5.88. The maximum Gasteiger partial charge on any atom is 0.147 e. The third kappa shape index (κ3) is 2.80. The fraction of sp³-hybridized carbons (Fsp3) is 0.529. The molecule has 3 rings (SSSR count). The normalized spacial score (nSPS) is 15.7. The maximum atomic E-state index is 4.74. The number of hydrogen-bond acceptors (Lipinski definition) is 2. The van der Waals surface area contributed by atoms with Crippen LogP contribution in [0.5, 0.6) is 0 Å². The summed E-state index contributed by atoms with van der Waals surface area (Å²) in [5.74, 6) is 1.90. The standard InChI is InChI=1S/C17H24N4/c1-4-18-17(20(3)5-2)15-11-14-7-6-10-19-16(14)21(15)12-13-8-9-13/h6-7,10-11,13H,4-5,8-9,12H2,1-3H3. The second-order valence-electron chi connectivity index (χ2n) is 5.81. The second-order valence-corrected chi connectivity index (χ2v) is 5.81. The third-order valence-electron chi connectivity index (χ3n) is 4.17. The molecular weight excluding hydrogens is 260 g/mol. The molecule has 2 aromatic heterocycles. The summed E-state index contributed by atoms with van der Waals surface area (Å²) >= 11 is 0. The van der Waals surface area contributed by atoms with Crippen molar-refractivity contribution < 1.29 is 0 Å². The average molecular weight is 284 g/mol. The Morgan fingerprint density at radius 3 is 2.90 bits per heavy atom. The van der Waals surface area contributed by atoms with E-state index in [4.69, 9.17) is 4.99 Å². The lowest BCUT2D eigenvalue weighted by Gasteiger charge is -2.21. The number of aromatic nitrogens is 2. The van der Waals surface area contributed by atoms with Crippen LogP contribution in [0.3, 0.4) is 0 Å². The van der Waals surface area contributed by atoms with Gasteiger partial charge in [0.2, 0.25) is 0 Å². The fourth-order valence-electron chi connectivity index (χ4n) is 2.71. The Kier molecular flexibility index (Phi) is 3.95. The van der Waals surface area contributed by atoms with Crippen molar-refractivity contribution in [3.05, 3.63) is 30.1 Å². The van der Waals surface area contributed by atoms with Gasteiger partial charge in [0.1, 0.15) is 11.5 Å². The van der Waals surface area contributed by atoms with Crippen LogP contribution in [-0.4, -0.2) is 40.4 Å². The van der Waals surface area contributed by atoms with Crippen LogP contribution < -0.4 is 0 Å². The number of aliphatic imine (C=N–C) groups is 1. The highest BCUT2D eigenvalue weighted by molar-refractivity contribution is 6.01. The quantitative estimate of drug-likeness (QED) is 0.624. The molecule has 112 valence electrons. The minimum Gasteiger partial charge on any atom is -0.359 e. The molecule has 21 heavy (non-hydrogen) atoms.